The number of hydrazine groups is 1. The monoisotopic (exact) mass is 1200 g/mol. The van der Waals surface area contributed by atoms with Crippen molar-refractivity contribution in [1.82, 2.24) is 42.8 Å². The van der Waals surface area contributed by atoms with Gasteiger partial charge in [0.15, 0.2) is 0 Å². The number of thioether (sulfide) groups is 2. The fourth-order valence-electron chi connectivity index (χ4n) is 10.2. The zero-order chi connectivity index (χ0) is 59.3. The second-order valence-corrected chi connectivity index (χ2v) is 23.9. The summed E-state index contributed by atoms with van der Waals surface area (Å²) >= 11 is 2.85. The first-order chi connectivity index (χ1) is 39.7. The van der Waals surface area contributed by atoms with E-state index in [4.69, 9.17) is 28.4 Å². The van der Waals surface area contributed by atoms with Gasteiger partial charge in [-0.05, 0) is 125 Å². The van der Waals surface area contributed by atoms with Crippen molar-refractivity contribution in [2.75, 3.05) is 65.1 Å². The van der Waals surface area contributed by atoms with Crippen molar-refractivity contribution >= 4 is 64.4 Å². The van der Waals surface area contributed by atoms with E-state index in [1.807, 2.05) is 56.8 Å². The molecule has 5 aliphatic rings. The summed E-state index contributed by atoms with van der Waals surface area (Å²) in [6, 6.07) is 10.9. The molecule has 83 heavy (non-hydrogen) atoms. The molecule has 0 aliphatic carbocycles. The molecule has 452 valence electrons. The molecule has 3 aromatic carbocycles. The summed E-state index contributed by atoms with van der Waals surface area (Å²) in [6.45, 7) is 10.3. The fraction of sp³-hybridized carbons (Fsp3) is 0.561. The standard InChI is InChI=1S/C57H73F3N8O13S2/c1-33-34(2)49-40(19-20-55(4,81-49)32-79-39-17-11-36(12-18-39)29-44-52(73)66-54(75)83-44)35(3)48(33)80-46(70)30-41(63-50(71)37-13-15-38(16-14-37)56(67-68-56)57(58,59)60)51(72)62-22-8-24-77-26-28-78-27-25-76-23-7-21-61-45(69)10-6-5-9-43-47-42(31-82-43)64-53(74)65-47/h11-18,41-44,47,67-68H,5-10,19-32H2,1-4H3,(H,61,69)(H,62,72)(H,63,71)(H2,64,65,74)(H,66,73,75)/t41-,42+,43+,44?,47+,55?/m1/s1. The predicted octanol–water partition coefficient (Wildman–Crippen LogP) is 5.37. The Morgan fingerprint density at radius 3 is 2.14 bits per heavy atom. The van der Waals surface area contributed by atoms with Crippen LogP contribution in [0.5, 0.6) is 17.2 Å². The van der Waals surface area contributed by atoms with Crippen LogP contribution in [-0.4, -0.2) is 146 Å². The molecule has 8 N–H and O–H groups in total. The van der Waals surface area contributed by atoms with E-state index in [0.29, 0.717) is 99.4 Å². The Morgan fingerprint density at radius 1 is 0.819 bits per heavy atom. The molecule has 4 fully saturated rings. The van der Waals surface area contributed by atoms with Crippen LogP contribution in [0, 0.1) is 20.8 Å². The first-order valence-corrected chi connectivity index (χ1v) is 29.9. The van der Waals surface area contributed by atoms with E-state index in [9.17, 15) is 46.7 Å². The number of hydrogen-bond acceptors (Lipinski definition) is 17. The van der Waals surface area contributed by atoms with Gasteiger partial charge in [-0.25, -0.2) is 15.6 Å². The van der Waals surface area contributed by atoms with E-state index in [0.717, 1.165) is 65.6 Å². The number of rotatable bonds is 31. The van der Waals surface area contributed by atoms with Crippen LogP contribution in [0.3, 0.4) is 0 Å². The van der Waals surface area contributed by atoms with E-state index in [-0.39, 0.29) is 78.4 Å². The molecular weight excluding hydrogens is 1130 g/mol. The SMILES string of the molecule is Cc1c(C)c2c(c(C)c1OC(=O)C[C@@H](NC(=O)c1ccc(C3(C(F)(F)F)NN3)cc1)C(=O)NCCCOCCOCCOCCCNC(=O)CCCC[C@@H]1SC[C@@H]3NC(=O)N[C@@H]31)CCC(C)(COc1ccc(CC3SC(=O)NC3=O)cc1)O2. The molecule has 8 rings (SSSR count). The van der Waals surface area contributed by atoms with E-state index >= 15 is 0 Å². The average molecular weight is 1200 g/mol. The van der Waals surface area contributed by atoms with Crippen molar-refractivity contribution < 1.29 is 75.2 Å². The summed E-state index contributed by atoms with van der Waals surface area (Å²) in [5, 5.41) is 16.0. The van der Waals surface area contributed by atoms with Crippen LogP contribution >= 0.6 is 23.5 Å². The second-order valence-electron chi connectivity index (χ2n) is 21.4. The van der Waals surface area contributed by atoms with Gasteiger partial charge in [0.05, 0.1) is 50.2 Å². The van der Waals surface area contributed by atoms with Gasteiger partial charge in [-0.15, -0.1) is 0 Å². The van der Waals surface area contributed by atoms with Crippen LogP contribution < -0.4 is 57.0 Å². The van der Waals surface area contributed by atoms with E-state index in [1.165, 1.54) is 12.1 Å². The van der Waals surface area contributed by atoms with Gasteiger partial charge < -0.3 is 55.0 Å². The number of imide groups is 1. The summed E-state index contributed by atoms with van der Waals surface area (Å²) in [5.74, 6) is -0.153. The third-order valence-electron chi connectivity index (χ3n) is 15.2. The minimum Gasteiger partial charge on any atom is -0.489 e. The van der Waals surface area contributed by atoms with Crippen molar-refractivity contribution in [3.63, 3.8) is 0 Å². The maximum absolute atomic E-state index is 13.8. The Morgan fingerprint density at radius 2 is 1.49 bits per heavy atom. The number of amides is 7. The molecule has 26 heteroatoms. The largest absolute Gasteiger partial charge is 0.489 e. The molecule has 5 heterocycles. The number of alkyl halides is 3. The van der Waals surface area contributed by atoms with Crippen LogP contribution in [0.4, 0.5) is 22.8 Å². The normalized spacial score (nSPS) is 21.6. The Bertz CT molecular complexity index is 2830. The van der Waals surface area contributed by atoms with Gasteiger partial charge >= 0.3 is 18.2 Å². The smallest absolute Gasteiger partial charge is 0.426 e. The first kappa shape index (κ1) is 62.9. The second kappa shape index (κ2) is 28.6. The number of esters is 1. The highest BCUT2D eigenvalue weighted by Gasteiger charge is 2.65. The van der Waals surface area contributed by atoms with Gasteiger partial charge in [0, 0.05) is 54.9 Å². The zero-order valence-corrected chi connectivity index (χ0v) is 48.5. The van der Waals surface area contributed by atoms with Crippen LogP contribution in [0.2, 0.25) is 0 Å². The fourth-order valence-corrected chi connectivity index (χ4v) is 12.6. The van der Waals surface area contributed by atoms with Crippen molar-refractivity contribution in [1.29, 1.82) is 0 Å². The van der Waals surface area contributed by atoms with Crippen molar-refractivity contribution in [2.24, 2.45) is 0 Å². The molecule has 2 unspecified atom stereocenters. The number of carbonyl (C=O) groups excluding carboxylic acids is 7. The Labute approximate surface area is 488 Å². The summed E-state index contributed by atoms with van der Waals surface area (Å²) in [5.41, 5.74) is 4.60. The zero-order valence-electron chi connectivity index (χ0n) is 46.9. The lowest BCUT2D eigenvalue weighted by molar-refractivity contribution is -0.165. The molecule has 0 bridgehead atoms. The number of urea groups is 1. The van der Waals surface area contributed by atoms with Crippen LogP contribution in [0.15, 0.2) is 48.5 Å². The molecular formula is C57H73F3N8O13S2. The highest BCUT2D eigenvalue weighted by atomic mass is 32.2. The number of unbranched alkanes of at least 4 members (excludes halogenated alkanes) is 1. The molecule has 0 spiro atoms. The number of nitrogens with one attached hydrogen (secondary N) is 8. The lowest BCUT2D eigenvalue weighted by atomic mass is 9.87. The molecule has 0 aromatic heterocycles. The Balaban J connectivity index is 0.749. The quantitative estimate of drug-likeness (QED) is 0.0132. The molecule has 5 aliphatic heterocycles. The molecule has 3 aromatic rings. The van der Waals surface area contributed by atoms with Crippen molar-refractivity contribution in [3.8, 4) is 17.2 Å². The number of fused-ring (bicyclic) bond motifs is 2. The summed E-state index contributed by atoms with van der Waals surface area (Å²) in [6.07, 6.45) is 0.465. The third kappa shape index (κ3) is 16.8. The summed E-state index contributed by atoms with van der Waals surface area (Å²) < 4.78 is 76.9. The number of halogens is 3. The van der Waals surface area contributed by atoms with Crippen molar-refractivity contribution in [2.45, 2.75) is 138 Å². The average Bonchev–Trinajstić information content (AvgIpc) is 2.41. The minimum atomic E-state index is -4.66. The maximum Gasteiger partial charge on any atom is 0.426 e. The van der Waals surface area contributed by atoms with Gasteiger partial charge in [0.25, 0.3) is 11.1 Å². The first-order valence-electron chi connectivity index (χ1n) is 28.0. The summed E-state index contributed by atoms with van der Waals surface area (Å²) in [4.78, 5) is 88.6. The Kier molecular flexibility index (Phi) is 21.7. The van der Waals surface area contributed by atoms with Crippen molar-refractivity contribution in [3.05, 3.63) is 87.5 Å². The minimum absolute atomic E-state index is 0.0133. The van der Waals surface area contributed by atoms with Gasteiger partial charge in [-0.3, -0.25) is 34.1 Å². The van der Waals surface area contributed by atoms with Gasteiger partial charge in [0.2, 0.25) is 23.4 Å². The van der Waals surface area contributed by atoms with E-state index in [1.54, 1.807) is 6.92 Å². The maximum atomic E-state index is 13.8. The number of benzene rings is 3. The third-order valence-corrected chi connectivity index (χ3v) is 17.7. The number of carbonyl (C=O) groups is 7. The molecule has 21 nitrogen and oxygen atoms in total. The topological polar surface area (TPSA) is 291 Å². The lowest BCUT2D eigenvalue weighted by Gasteiger charge is -2.37. The molecule has 0 saturated carbocycles. The van der Waals surface area contributed by atoms with Crippen LogP contribution in [0.25, 0.3) is 0 Å². The van der Waals surface area contributed by atoms with Gasteiger partial charge in [0.1, 0.15) is 35.5 Å². The highest BCUT2D eigenvalue weighted by Crippen LogP contribution is 2.45. The molecule has 0 radical (unpaired) electrons. The number of ether oxygens (including phenoxy) is 6. The van der Waals surface area contributed by atoms with Crippen LogP contribution in [-0.2, 0) is 51.9 Å². The molecule has 6 atom stereocenters. The molecule has 4 saturated heterocycles. The predicted molar refractivity (Wildman–Crippen MR) is 302 cm³/mol. The van der Waals surface area contributed by atoms with Crippen LogP contribution in [0.1, 0.15) is 102 Å². The van der Waals surface area contributed by atoms with Gasteiger partial charge in [-0.1, -0.05) is 42.4 Å². The Hall–Kier alpha value is -6.16. The number of hydrogen-bond donors (Lipinski definition) is 8. The van der Waals surface area contributed by atoms with E-state index in [2.05, 4.69) is 42.8 Å². The molecule has 7 amide bonds. The highest BCUT2D eigenvalue weighted by molar-refractivity contribution is 8.15. The summed E-state index contributed by atoms with van der Waals surface area (Å²) in [7, 11) is 0. The van der Waals surface area contributed by atoms with E-state index < -0.39 is 52.9 Å². The van der Waals surface area contributed by atoms with Gasteiger partial charge in [-0.2, -0.15) is 24.9 Å². The lowest BCUT2D eigenvalue weighted by Crippen LogP contribution is -2.48.